The second-order valence-electron chi connectivity index (χ2n) is 6.93. The number of benzene rings is 2. The predicted molar refractivity (Wildman–Crippen MR) is 95.1 cm³/mol. The van der Waals surface area contributed by atoms with Crippen LogP contribution in [0.5, 0.6) is 0 Å². The Morgan fingerprint density at radius 2 is 1.77 bits per heavy atom. The number of nitrogens with zero attached hydrogens (tertiary/aromatic N) is 1. The molecule has 1 N–H and O–H groups in total. The van der Waals surface area contributed by atoms with E-state index >= 15 is 0 Å². The Morgan fingerprint density at radius 1 is 1.00 bits per heavy atom. The van der Waals surface area contributed by atoms with Gasteiger partial charge in [-0.3, -0.25) is 0 Å². The zero-order valence-corrected chi connectivity index (χ0v) is 13.9. The molecular weight excluding hydrogens is 268 g/mol. The van der Waals surface area contributed by atoms with Crippen LogP contribution in [0.3, 0.4) is 0 Å². The third-order valence-corrected chi connectivity index (χ3v) is 4.94. The molecule has 0 amide bonds. The first-order valence-corrected chi connectivity index (χ1v) is 8.59. The second-order valence-corrected chi connectivity index (χ2v) is 6.93. The smallest absolute Gasteiger partial charge is 0.0214 e. The van der Waals surface area contributed by atoms with E-state index in [1.54, 1.807) is 0 Å². The van der Waals surface area contributed by atoms with E-state index in [9.17, 15) is 0 Å². The third-order valence-electron chi connectivity index (χ3n) is 4.94. The van der Waals surface area contributed by atoms with Gasteiger partial charge in [0.05, 0.1) is 0 Å². The van der Waals surface area contributed by atoms with Crippen LogP contribution in [-0.2, 0) is 6.54 Å². The highest BCUT2D eigenvalue weighted by Gasteiger charge is 2.25. The van der Waals surface area contributed by atoms with E-state index in [1.807, 2.05) is 0 Å². The predicted octanol–water partition coefficient (Wildman–Crippen LogP) is 4.05. The van der Waals surface area contributed by atoms with Crippen LogP contribution in [-0.4, -0.2) is 31.6 Å². The minimum atomic E-state index is 0.662. The summed E-state index contributed by atoms with van der Waals surface area (Å²) in [4.78, 5) is 2.34. The molecule has 0 aromatic heterocycles. The lowest BCUT2D eigenvalue weighted by Gasteiger charge is -2.34. The number of fused-ring (bicyclic) bond motifs is 1. The summed E-state index contributed by atoms with van der Waals surface area (Å²) < 4.78 is 0. The van der Waals surface area contributed by atoms with Gasteiger partial charge in [-0.15, -0.1) is 0 Å². The molecule has 1 saturated carbocycles. The molecule has 0 radical (unpaired) electrons. The molecule has 2 aromatic rings. The van der Waals surface area contributed by atoms with Gasteiger partial charge in [-0.25, -0.2) is 0 Å². The number of rotatable bonds is 5. The fourth-order valence-electron chi connectivity index (χ4n) is 3.85. The SMILES string of the molecule is CN(C)C[C@@H]1CCCCC1NCc1cccc2ccccc12. The van der Waals surface area contributed by atoms with Gasteiger partial charge in [-0.2, -0.15) is 0 Å². The maximum Gasteiger partial charge on any atom is 0.0214 e. The van der Waals surface area contributed by atoms with E-state index < -0.39 is 0 Å². The number of hydrogen-bond donors (Lipinski definition) is 1. The summed E-state index contributed by atoms with van der Waals surface area (Å²) in [5.74, 6) is 0.790. The van der Waals surface area contributed by atoms with Crippen LogP contribution < -0.4 is 5.32 Å². The van der Waals surface area contributed by atoms with Gasteiger partial charge in [0.25, 0.3) is 0 Å². The van der Waals surface area contributed by atoms with E-state index in [1.165, 1.54) is 48.6 Å². The van der Waals surface area contributed by atoms with E-state index in [0.29, 0.717) is 6.04 Å². The van der Waals surface area contributed by atoms with Gasteiger partial charge in [0, 0.05) is 19.1 Å². The highest BCUT2D eigenvalue weighted by Crippen LogP contribution is 2.26. The molecule has 2 atom stereocenters. The van der Waals surface area contributed by atoms with Gasteiger partial charge in [0.1, 0.15) is 0 Å². The lowest BCUT2D eigenvalue weighted by atomic mass is 9.84. The molecule has 0 aliphatic heterocycles. The van der Waals surface area contributed by atoms with Crippen LogP contribution in [0.4, 0.5) is 0 Å². The maximum absolute atomic E-state index is 3.86. The fraction of sp³-hybridized carbons (Fsp3) is 0.500. The highest BCUT2D eigenvalue weighted by atomic mass is 15.1. The highest BCUT2D eigenvalue weighted by molar-refractivity contribution is 5.85. The molecule has 1 aliphatic carbocycles. The molecule has 2 heteroatoms. The van der Waals surface area contributed by atoms with Crippen molar-refractivity contribution < 1.29 is 0 Å². The van der Waals surface area contributed by atoms with Gasteiger partial charge in [-0.1, -0.05) is 55.3 Å². The van der Waals surface area contributed by atoms with Crippen molar-refractivity contribution in [3.05, 3.63) is 48.0 Å². The Bertz CT molecular complexity index is 600. The quantitative estimate of drug-likeness (QED) is 0.895. The number of hydrogen-bond acceptors (Lipinski definition) is 2. The van der Waals surface area contributed by atoms with Crippen LogP contribution in [0, 0.1) is 5.92 Å². The van der Waals surface area contributed by atoms with E-state index in [2.05, 4.69) is 66.8 Å². The van der Waals surface area contributed by atoms with Crippen molar-refractivity contribution in [3.8, 4) is 0 Å². The molecule has 0 saturated heterocycles. The fourth-order valence-corrected chi connectivity index (χ4v) is 3.85. The van der Waals surface area contributed by atoms with Gasteiger partial charge < -0.3 is 10.2 Å². The van der Waals surface area contributed by atoms with Crippen molar-refractivity contribution in [2.75, 3.05) is 20.6 Å². The summed E-state index contributed by atoms with van der Waals surface area (Å²) in [6, 6.07) is 16.0. The minimum Gasteiger partial charge on any atom is -0.310 e. The Balaban J connectivity index is 1.69. The first kappa shape index (κ1) is 15.5. The molecule has 2 nitrogen and oxygen atoms in total. The van der Waals surface area contributed by atoms with Gasteiger partial charge >= 0.3 is 0 Å². The lowest BCUT2D eigenvalue weighted by molar-refractivity contribution is 0.206. The number of nitrogens with one attached hydrogen (secondary N) is 1. The molecule has 1 unspecified atom stereocenters. The molecule has 3 rings (SSSR count). The molecule has 22 heavy (non-hydrogen) atoms. The van der Waals surface area contributed by atoms with Crippen molar-refractivity contribution in [1.29, 1.82) is 0 Å². The van der Waals surface area contributed by atoms with Crippen molar-refractivity contribution in [1.82, 2.24) is 10.2 Å². The molecular formula is C20H28N2. The van der Waals surface area contributed by atoms with Crippen molar-refractivity contribution in [2.45, 2.75) is 38.3 Å². The second kappa shape index (κ2) is 7.26. The van der Waals surface area contributed by atoms with Crippen molar-refractivity contribution in [2.24, 2.45) is 5.92 Å². The van der Waals surface area contributed by atoms with Crippen LogP contribution in [0.2, 0.25) is 0 Å². The molecule has 0 bridgehead atoms. The third kappa shape index (κ3) is 3.68. The maximum atomic E-state index is 3.86. The Labute approximate surface area is 134 Å². The lowest BCUT2D eigenvalue weighted by Crippen LogP contribution is -2.42. The van der Waals surface area contributed by atoms with Crippen LogP contribution in [0.1, 0.15) is 31.2 Å². The Morgan fingerprint density at radius 3 is 2.64 bits per heavy atom. The normalized spacial score (nSPS) is 22.3. The van der Waals surface area contributed by atoms with Crippen LogP contribution in [0.15, 0.2) is 42.5 Å². The molecule has 0 heterocycles. The average molecular weight is 296 g/mol. The van der Waals surface area contributed by atoms with E-state index in [4.69, 9.17) is 0 Å². The first-order chi connectivity index (χ1) is 10.7. The van der Waals surface area contributed by atoms with E-state index in [0.717, 1.165) is 12.5 Å². The summed E-state index contributed by atoms with van der Waals surface area (Å²) >= 11 is 0. The molecule has 2 aromatic carbocycles. The topological polar surface area (TPSA) is 15.3 Å². The molecule has 1 fully saturated rings. The first-order valence-electron chi connectivity index (χ1n) is 8.59. The summed E-state index contributed by atoms with van der Waals surface area (Å²) in [5.41, 5.74) is 1.42. The van der Waals surface area contributed by atoms with E-state index in [-0.39, 0.29) is 0 Å². The van der Waals surface area contributed by atoms with Crippen LogP contribution in [0.25, 0.3) is 10.8 Å². The monoisotopic (exact) mass is 296 g/mol. The molecule has 118 valence electrons. The molecule has 0 spiro atoms. The average Bonchev–Trinajstić information content (AvgIpc) is 2.53. The van der Waals surface area contributed by atoms with Crippen LogP contribution >= 0.6 is 0 Å². The van der Waals surface area contributed by atoms with Gasteiger partial charge in [0.2, 0.25) is 0 Å². The Kier molecular flexibility index (Phi) is 5.12. The summed E-state index contributed by atoms with van der Waals surface area (Å²) in [6.45, 7) is 2.18. The standard InChI is InChI=1S/C20H28N2/c1-22(2)15-18-9-4-6-13-20(18)21-14-17-11-7-10-16-8-3-5-12-19(16)17/h3,5,7-8,10-12,18,20-21H,4,6,9,13-15H2,1-2H3/t18-,20?/m0/s1. The minimum absolute atomic E-state index is 0.662. The summed E-state index contributed by atoms with van der Waals surface area (Å²) in [5, 5.41) is 6.59. The summed E-state index contributed by atoms with van der Waals surface area (Å²) in [6.07, 6.45) is 5.46. The van der Waals surface area contributed by atoms with Crippen molar-refractivity contribution in [3.63, 3.8) is 0 Å². The zero-order valence-electron chi connectivity index (χ0n) is 13.9. The molecule has 1 aliphatic rings. The van der Waals surface area contributed by atoms with Crippen molar-refractivity contribution >= 4 is 10.8 Å². The Hall–Kier alpha value is -1.38. The van der Waals surface area contributed by atoms with Gasteiger partial charge in [-0.05, 0) is 49.2 Å². The van der Waals surface area contributed by atoms with Gasteiger partial charge in [0.15, 0.2) is 0 Å². The summed E-state index contributed by atoms with van der Waals surface area (Å²) in [7, 11) is 4.38. The zero-order chi connectivity index (χ0) is 15.4. The largest absolute Gasteiger partial charge is 0.310 e.